The van der Waals surface area contributed by atoms with Gasteiger partial charge in [0, 0.05) is 12.3 Å². The Bertz CT molecular complexity index is 1010. The van der Waals surface area contributed by atoms with E-state index < -0.39 is 9.84 Å². The van der Waals surface area contributed by atoms with Crippen molar-refractivity contribution in [2.45, 2.75) is 25.7 Å². The lowest BCUT2D eigenvalue weighted by molar-refractivity contribution is 0.341. The Morgan fingerprint density at radius 3 is 2.72 bits per heavy atom. The molecule has 0 saturated heterocycles. The molecule has 7 nitrogen and oxygen atoms in total. The van der Waals surface area contributed by atoms with Crippen LogP contribution in [0.4, 0.5) is 11.6 Å². The van der Waals surface area contributed by atoms with Crippen LogP contribution >= 0.6 is 0 Å². The molecule has 8 heteroatoms. The monoisotopic (exact) mass is 360 g/mol. The summed E-state index contributed by atoms with van der Waals surface area (Å²) in [5.74, 6) is 0.906. The Kier molecular flexibility index (Phi) is 4.63. The maximum absolute atomic E-state index is 12.1. The van der Waals surface area contributed by atoms with Crippen molar-refractivity contribution in [2.24, 2.45) is 0 Å². The first kappa shape index (κ1) is 17.2. The van der Waals surface area contributed by atoms with Gasteiger partial charge in [0.05, 0.1) is 22.9 Å². The third-order valence-electron chi connectivity index (χ3n) is 3.72. The zero-order chi connectivity index (χ0) is 18.0. The first-order valence-electron chi connectivity index (χ1n) is 8.02. The van der Waals surface area contributed by atoms with Crippen molar-refractivity contribution in [2.75, 3.05) is 17.7 Å². The molecule has 0 atom stereocenters. The topological polar surface area (TPSA) is 85.6 Å². The van der Waals surface area contributed by atoms with Crippen LogP contribution in [-0.4, -0.2) is 35.4 Å². The van der Waals surface area contributed by atoms with E-state index in [1.54, 1.807) is 23.6 Å². The van der Waals surface area contributed by atoms with Crippen molar-refractivity contribution in [3.8, 4) is 5.75 Å². The van der Waals surface area contributed by atoms with Crippen LogP contribution in [0.15, 0.2) is 41.4 Å². The quantitative estimate of drug-likeness (QED) is 0.727. The van der Waals surface area contributed by atoms with Gasteiger partial charge in [-0.25, -0.2) is 12.9 Å². The molecule has 2 heterocycles. The lowest BCUT2D eigenvalue weighted by atomic mass is 10.3. The lowest BCUT2D eigenvalue weighted by Gasteiger charge is -2.12. The van der Waals surface area contributed by atoms with E-state index in [4.69, 9.17) is 4.74 Å². The van der Waals surface area contributed by atoms with Gasteiger partial charge in [-0.15, -0.1) is 5.10 Å². The summed E-state index contributed by atoms with van der Waals surface area (Å²) in [5, 5.41) is 7.48. The van der Waals surface area contributed by atoms with E-state index in [0.717, 1.165) is 11.2 Å². The molecule has 0 radical (unpaired) electrons. The van der Waals surface area contributed by atoms with Crippen LogP contribution in [0, 0.1) is 6.92 Å². The van der Waals surface area contributed by atoms with Crippen molar-refractivity contribution >= 4 is 27.1 Å². The second-order valence-corrected chi connectivity index (χ2v) is 7.84. The molecule has 3 rings (SSSR count). The molecular formula is C17H20N4O3S. The first-order valence-corrected chi connectivity index (χ1v) is 9.68. The molecule has 1 aromatic carbocycles. The number of fused-ring (bicyclic) bond motifs is 1. The van der Waals surface area contributed by atoms with E-state index >= 15 is 0 Å². The van der Waals surface area contributed by atoms with Gasteiger partial charge in [0.15, 0.2) is 15.5 Å². The number of sulfone groups is 1. The maximum Gasteiger partial charge on any atom is 0.247 e. The van der Waals surface area contributed by atoms with E-state index in [2.05, 4.69) is 15.4 Å². The maximum atomic E-state index is 12.1. The lowest BCUT2D eigenvalue weighted by Crippen LogP contribution is -2.06. The number of hydrogen-bond donors (Lipinski definition) is 1. The summed E-state index contributed by atoms with van der Waals surface area (Å²) < 4.78 is 31.4. The fourth-order valence-electron chi connectivity index (χ4n) is 2.40. The zero-order valence-corrected chi connectivity index (χ0v) is 15.2. The summed E-state index contributed by atoms with van der Waals surface area (Å²) in [7, 11) is -3.30. The van der Waals surface area contributed by atoms with Crippen LogP contribution in [0.25, 0.3) is 5.65 Å². The second kappa shape index (κ2) is 6.72. The van der Waals surface area contributed by atoms with Crippen molar-refractivity contribution in [1.82, 2.24) is 14.6 Å². The molecule has 0 aliphatic heterocycles. The minimum atomic E-state index is -3.30. The van der Waals surface area contributed by atoms with Crippen molar-refractivity contribution in [1.29, 1.82) is 0 Å². The number of nitrogens with zero attached hydrogens (tertiary/aromatic N) is 3. The first-order chi connectivity index (χ1) is 11.9. The van der Waals surface area contributed by atoms with Crippen molar-refractivity contribution in [3.05, 3.63) is 42.1 Å². The molecule has 0 saturated carbocycles. The standard InChI is InChI=1S/C17H20N4O3S/c1-4-24-15-10-13(25(22,23)5-2)7-8-14(15)18-17-19-16-9-6-12(3)11-21(16)20-17/h6-11H,4-5H2,1-3H3,(H,18,20). The second-order valence-electron chi connectivity index (χ2n) is 5.56. The minimum Gasteiger partial charge on any atom is -0.492 e. The Balaban J connectivity index is 1.97. The number of aromatic nitrogens is 3. The van der Waals surface area contributed by atoms with E-state index in [0.29, 0.717) is 24.0 Å². The molecule has 1 N–H and O–H groups in total. The van der Waals surface area contributed by atoms with Crippen molar-refractivity contribution < 1.29 is 13.2 Å². The van der Waals surface area contributed by atoms with E-state index in [9.17, 15) is 8.42 Å². The summed E-state index contributed by atoms with van der Waals surface area (Å²) in [4.78, 5) is 4.64. The number of pyridine rings is 1. The van der Waals surface area contributed by atoms with Gasteiger partial charge in [0.25, 0.3) is 0 Å². The average molecular weight is 360 g/mol. The Labute approximate surface area is 146 Å². The normalized spacial score (nSPS) is 11.6. The van der Waals surface area contributed by atoms with Crippen LogP contribution in [0.1, 0.15) is 19.4 Å². The zero-order valence-electron chi connectivity index (χ0n) is 14.4. The van der Waals surface area contributed by atoms with Crippen LogP contribution < -0.4 is 10.1 Å². The molecule has 0 aliphatic rings. The van der Waals surface area contributed by atoms with Gasteiger partial charge in [-0.1, -0.05) is 13.0 Å². The summed E-state index contributed by atoms with van der Waals surface area (Å²) in [6.07, 6.45) is 1.88. The van der Waals surface area contributed by atoms with E-state index in [-0.39, 0.29) is 10.6 Å². The molecule has 3 aromatic rings. The van der Waals surface area contributed by atoms with Crippen molar-refractivity contribution in [3.63, 3.8) is 0 Å². The van der Waals surface area contributed by atoms with Gasteiger partial charge in [-0.2, -0.15) is 4.98 Å². The number of benzene rings is 1. The van der Waals surface area contributed by atoms with E-state index in [1.165, 1.54) is 6.07 Å². The summed E-state index contributed by atoms with van der Waals surface area (Å²) >= 11 is 0. The van der Waals surface area contributed by atoms with Crippen LogP contribution in [0.3, 0.4) is 0 Å². The predicted octanol–water partition coefficient (Wildman–Crippen LogP) is 2.97. The van der Waals surface area contributed by atoms with Gasteiger partial charge in [0.2, 0.25) is 5.95 Å². The van der Waals surface area contributed by atoms with Gasteiger partial charge >= 0.3 is 0 Å². The molecule has 25 heavy (non-hydrogen) atoms. The number of nitrogens with one attached hydrogen (secondary N) is 1. The summed E-state index contributed by atoms with van der Waals surface area (Å²) in [6, 6.07) is 8.61. The highest BCUT2D eigenvalue weighted by atomic mass is 32.2. The fourth-order valence-corrected chi connectivity index (χ4v) is 3.30. The number of ether oxygens (including phenoxy) is 1. The highest BCUT2D eigenvalue weighted by Gasteiger charge is 2.16. The number of hydrogen-bond acceptors (Lipinski definition) is 6. The minimum absolute atomic E-state index is 0.0404. The smallest absolute Gasteiger partial charge is 0.247 e. The number of rotatable bonds is 6. The SMILES string of the molecule is CCOc1cc(S(=O)(=O)CC)ccc1Nc1nc2ccc(C)cn2n1. The average Bonchev–Trinajstić information content (AvgIpc) is 2.98. The third-order valence-corrected chi connectivity index (χ3v) is 5.45. The Morgan fingerprint density at radius 1 is 1.20 bits per heavy atom. The fraction of sp³-hybridized carbons (Fsp3) is 0.294. The van der Waals surface area contributed by atoms with Crippen LogP contribution in [-0.2, 0) is 9.84 Å². The number of aryl methyl sites for hydroxylation is 1. The highest BCUT2D eigenvalue weighted by Crippen LogP contribution is 2.30. The summed E-state index contributed by atoms with van der Waals surface area (Å²) in [5.41, 5.74) is 2.41. The Hall–Kier alpha value is -2.61. The van der Waals surface area contributed by atoms with Gasteiger partial charge < -0.3 is 10.1 Å². The number of anilines is 2. The van der Waals surface area contributed by atoms with Crippen LogP contribution in [0.5, 0.6) is 5.75 Å². The molecule has 2 aromatic heterocycles. The molecule has 132 valence electrons. The molecule has 0 aliphatic carbocycles. The molecule has 0 unspecified atom stereocenters. The van der Waals surface area contributed by atoms with Gasteiger partial charge in [-0.3, -0.25) is 0 Å². The predicted molar refractivity (Wildman–Crippen MR) is 96.3 cm³/mol. The molecule has 0 bridgehead atoms. The molecule has 0 amide bonds. The third kappa shape index (κ3) is 3.58. The molecule has 0 fully saturated rings. The molecular weight excluding hydrogens is 340 g/mol. The Morgan fingerprint density at radius 2 is 2.00 bits per heavy atom. The molecule has 0 spiro atoms. The van der Waals surface area contributed by atoms with Gasteiger partial charge in [0.1, 0.15) is 5.75 Å². The van der Waals surface area contributed by atoms with Gasteiger partial charge in [-0.05, 0) is 37.6 Å². The summed E-state index contributed by atoms with van der Waals surface area (Å²) in [6.45, 7) is 5.86. The largest absolute Gasteiger partial charge is 0.492 e. The highest BCUT2D eigenvalue weighted by molar-refractivity contribution is 7.91. The van der Waals surface area contributed by atoms with Crippen LogP contribution in [0.2, 0.25) is 0 Å². The van der Waals surface area contributed by atoms with E-state index in [1.807, 2.05) is 32.2 Å².